The second kappa shape index (κ2) is 14.0. The van der Waals surface area contributed by atoms with Gasteiger partial charge < -0.3 is 39.8 Å². The molecule has 2 aromatic carbocycles. The highest BCUT2D eigenvalue weighted by Gasteiger charge is 2.44. The monoisotopic (exact) mass is 633 g/mol. The summed E-state index contributed by atoms with van der Waals surface area (Å²) in [5.74, 6) is 0.759. The zero-order chi connectivity index (χ0) is 31.3. The van der Waals surface area contributed by atoms with E-state index in [1.54, 1.807) is 6.07 Å². The lowest BCUT2D eigenvalue weighted by atomic mass is 9.87. The molecule has 4 unspecified atom stereocenters. The number of aliphatic hydroxyl groups is 1. The van der Waals surface area contributed by atoms with Crippen LogP contribution >= 0.6 is 0 Å². The lowest BCUT2D eigenvalue weighted by molar-refractivity contribution is -0.0907. The van der Waals surface area contributed by atoms with Crippen LogP contribution in [0.3, 0.4) is 0 Å². The SMILES string of the molecule is CC(C)(CCCN)CN(CC(O)[C@H](Cc1ccccc1)NC(=O)OC1COC2OCCC12)S(=O)(=O)c1ccc2c(c1)OCO2. The number of carbonyl (C=O) groups is 1. The molecule has 2 fully saturated rings. The number of rotatable bonds is 14. The Labute approximate surface area is 258 Å². The summed E-state index contributed by atoms with van der Waals surface area (Å²) in [6.07, 6.45) is -0.457. The topological polar surface area (TPSA) is 159 Å². The Kier molecular flexibility index (Phi) is 10.3. The first-order valence-electron chi connectivity index (χ1n) is 15.1. The summed E-state index contributed by atoms with van der Waals surface area (Å²) in [5.41, 5.74) is 6.17. The number of ether oxygens (including phenoxy) is 5. The van der Waals surface area contributed by atoms with Gasteiger partial charge in [-0.05, 0) is 55.3 Å². The van der Waals surface area contributed by atoms with Crippen molar-refractivity contribution < 1.29 is 42.0 Å². The fraction of sp³-hybridized carbons (Fsp3) is 0.581. The maximum atomic E-state index is 14.1. The van der Waals surface area contributed by atoms with E-state index in [2.05, 4.69) is 5.32 Å². The molecule has 13 heteroatoms. The van der Waals surface area contributed by atoms with Crippen LogP contribution in [0.1, 0.15) is 38.7 Å². The average Bonchev–Trinajstić information content (AvgIpc) is 3.74. The van der Waals surface area contributed by atoms with E-state index in [1.165, 1.54) is 16.4 Å². The molecule has 2 aromatic rings. The summed E-state index contributed by atoms with van der Waals surface area (Å²) in [6.45, 7) is 5.05. The Morgan fingerprint density at radius 1 is 1.16 bits per heavy atom. The standard InChI is InChI=1S/C31H43N3O9S/c1-31(2,12-6-13-32)19-34(44(37,38)22-9-10-26-27(16-22)42-20-41-26)17-25(35)24(15-21-7-4-3-5-8-21)33-30(36)43-28-18-40-29-23(28)11-14-39-29/h3-5,7-10,16,23-25,28-29,35H,6,11-15,17-20,32H2,1-2H3,(H,33,36)/t23?,24-,25?,28?,29?/m0/s1. The fourth-order valence-electron chi connectivity index (χ4n) is 5.93. The molecule has 44 heavy (non-hydrogen) atoms. The molecular formula is C31H43N3O9S. The third-order valence-corrected chi connectivity index (χ3v) is 10.2. The Morgan fingerprint density at radius 3 is 2.70 bits per heavy atom. The first-order chi connectivity index (χ1) is 21.1. The van der Waals surface area contributed by atoms with Crippen molar-refractivity contribution in [2.75, 3.05) is 39.6 Å². The van der Waals surface area contributed by atoms with Crippen LogP contribution in [0.4, 0.5) is 4.79 Å². The number of benzene rings is 2. The molecule has 0 bridgehead atoms. The molecule has 12 nitrogen and oxygen atoms in total. The number of carbonyl (C=O) groups excluding carboxylic acids is 1. The summed E-state index contributed by atoms with van der Waals surface area (Å²) in [7, 11) is -4.11. The van der Waals surface area contributed by atoms with E-state index in [0.29, 0.717) is 31.1 Å². The van der Waals surface area contributed by atoms with Crippen molar-refractivity contribution in [3.05, 3.63) is 54.1 Å². The highest BCUT2D eigenvalue weighted by atomic mass is 32.2. The molecular weight excluding hydrogens is 590 g/mol. The zero-order valence-electron chi connectivity index (χ0n) is 25.2. The van der Waals surface area contributed by atoms with Crippen LogP contribution in [0, 0.1) is 11.3 Å². The van der Waals surface area contributed by atoms with Gasteiger partial charge in [0, 0.05) is 19.2 Å². The van der Waals surface area contributed by atoms with Crippen molar-refractivity contribution in [1.82, 2.24) is 9.62 Å². The van der Waals surface area contributed by atoms with Crippen LogP contribution in [0.5, 0.6) is 11.5 Å². The quantitative estimate of drug-likeness (QED) is 0.282. The lowest BCUT2D eigenvalue weighted by Gasteiger charge is -2.35. The molecule has 242 valence electrons. The van der Waals surface area contributed by atoms with Gasteiger partial charge in [0.2, 0.25) is 16.8 Å². The molecule has 5 atom stereocenters. The minimum atomic E-state index is -4.11. The van der Waals surface area contributed by atoms with Crippen LogP contribution in [-0.4, -0.2) is 88.1 Å². The number of nitrogens with two attached hydrogens (primary N) is 1. The molecule has 3 aliphatic heterocycles. The number of nitrogens with zero attached hydrogens (tertiary/aromatic N) is 1. The third-order valence-electron chi connectivity index (χ3n) is 8.34. The predicted octanol–water partition coefficient (Wildman–Crippen LogP) is 2.63. The smallest absolute Gasteiger partial charge is 0.407 e. The van der Waals surface area contributed by atoms with Crippen molar-refractivity contribution >= 4 is 16.1 Å². The van der Waals surface area contributed by atoms with E-state index in [4.69, 9.17) is 29.4 Å². The molecule has 0 aromatic heterocycles. The van der Waals surface area contributed by atoms with Gasteiger partial charge in [-0.25, -0.2) is 13.2 Å². The third kappa shape index (κ3) is 7.82. The van der Waals surface area contributed by atoms with Gasteiger partial charge in [0.05, 0.1) is 36.2 Å². The van der Waals surface area contributed by atoms with Gasteiger partial charge in [-0.15, -0.1) is 0 Å². The zero-order valence-corrected chi connectivity index (χ0v) is 26.0. The van der Waals surface area contributed by atoms with Gasteiger partial charge in [0.25, 0.3) is 0 Å². The fourth-order valence-corrected chi connectivity index (χ4v) is 7.59. The highest BCUT2D eigenvalue weighted by molar-refractivity contribution is 7.89. The molecule has 2 saturated heterocycles. The lowest BCUT2D eigenvalue weighted by Crippen LogP contribution is -2.52. The summed E-state index contributed by atoms with van der Waals surface area (Å²) in [5, 5.41) is 14.5. The number of amides is 1. The summed E-state index contributed by atoms with van der Waals surface area (Å²) in [6, 6.07) is 13.0. The molecule has 0 radical (unpaired) electrons. The maximum absolute atomic E-state index is 14.1. The van der Waals surface area contributed by atoms with E-state index in [0.717, 1.165) is 18.4 Å². The van der Waals surface area contributed by atoms with E-state index >= 15 is 0 Å². The van der Waals surface area contributed by atoms with E-state index in [9.17, 15) is 18.3 Å². The van der Waals surface area contributed by atoms with Crippen LogP contribution in [0.25, 0.3) is 0 Å². The molecule has 4 N–H and O–H groups in total. The Balaban J connectivity index is 1.37. The number of sulfonamides is 1. The molecule has 0 spiro atoms. The first-order valence-corrected chi connectivity index (χ1v) is 16.5. The summed E-state index contributed by atoms with van der Waals surface area (Å²) in [4.78, 5) is 13.2. The average molecular weight is 634 g/mol. The van der Waals surface area contributed by atoms with Gasteiger partial charge in [0.1, 0.15) is 6.10 Å². The van der Waals surface area contributed by atoms with Crippen LogP contribution in [0.2, 0.25) is 0 Å². The van der Waals surface area contributed by atoms with Crippen molar-refractivity contribution in [1.29, 1.82) is 0 Å². The second-order valence-electron chi connectivity index (χ2n) is 12.3. The molecule has 0 saturated carbocycles. The molecule has 0 aliphatic carbocycles. The van der Waals surface area contributed by atoms with Gasteiger partial charge >= 0.3 is 6.09 Å². The number of fused-ring (bicyclic) bond motifs is 2. The van der Waals surface area contributed by atoms with Gasteiger partial charge in [-0.2, -0.15) is 4.31 Å². The minimum Gasteiger partial charge on any atom is -0.454 e. The minimum absolute atomic E-state index is 0.0116. The number of aliphatic hydroxyl groups excluding tert-OH is 1. The van der Waals surface area contributed by atoms with Gasteiger partial charge in [-0.3, -0.25) is 0 Å². The predicted molar refractivity (Wildman–Crippen MR) is 161 cm³/mol. The number of alkyl carbamates (subject to hydrolysis) is 1. The van der Waals surface area contributed by atoms with Gasteiger partial charge in [-0.1, -0.05) is 44.2 Å². The molecule has 1 amide bonds. The van der Waals surface area contributed by atoms with Crippen molar-refractivity contribution in [2.24, 2.45) is 17.1 Å². The second-order valence-corrected chi connectivity index (χ2v) is 14.3. The van der Waals surface area contributed by atoms with Gasteiger partial charge in [0.15, 0.2) is 17.8 Å². The molecule has 5 rings (SSSR count). The Morgan fingerprint density at radius 2 is 1.93 bits per heavy atom. The van der Waals surface area contributed by atoms with Crippen molar-refractivity contribution in [2.45, 2.75) is 69.0 Å². The number of nitrogens with one attached hydrogen (secondary N) is 1. The summed E-state index contributed by atoms with van der Waals surface area (Å²) >= 11 is 0. The number of hydrogen-bond donors (Lipinski definition) is 3. The van der Waals surface area contributed by atoms with E-state index in [-0.39, 0.29) is 50.0 Å². The van der Waals surface area contributed by atoms with Crippen LogP contribution < -0.4 is 20.5 Å². The van der Waals surface area contributed by atoms with Crippen molar-refractivity contribution in [3.63, 3.8) is 0 Å². The van der Waals surface area contributed by atoms with Crippen molar-refractivity contribution in [3.8, 4) is 11.5 Å². The van der Waals surface area contributed by atoms with E-state index in [1.807, 2.05) is 44.2 Å². The normalized spacial score (nSPS) is 22.5. The molecule has 3 heterocycles. The molecule has 3 aliphatic rings. The first kappa shape index (κ1) is 32.5. The Hall–Kier alpha value is -2.94. The summed E-state index contributed by atoms with van der Waals surface area (Å²) < 4.78 is 57.1. The largest absolute Gasteiger partial charge is 0.454 e. The van der Waals surface area contributed by atoms with Crippen LogP contribution in [-0.2, 0) is 30.7 Å². The Bertz CT molecular complexity index is 1370. The van der Waals surface area contributed by atoms with Crippen LogP contribution in [0.15, 0.2) is 53.4 Å². The maximum Gasteiger partial charge on any atom is 0.407 e. The number of hydrogen-bond acceptors (Lipinski definition) is 10. The van der Waals surface area contributed by atoms with E-state index < -0.39 is 39.8 Å². The highest BCUT2D eigenvalue weighted by Crippen LogP contribution is 2.36.